The Kier molecular flexibility index (Phi) is 5.33. The average molecular weight is 333 g/mol. The lowest BCUT2D eigenvalue weighted by Crippen LogP contribution is -2.13. The molecule has 0 aliphatic heterocycles. The summed E-state index contributed by atoms with van der Waals surface area (Å²) in [7, 11) is 5.23. The molecule has 1 N–H and O–H groups in total. The summed E-state index contributed by atoms with van der Waals surface area (Å²) in [5, 5.41) is 3.24. The van der Waals surface area contributed by atoms with Crippen molar-refractivity contribution in [1.82, 2.24) is 4.98 Å². The van der Waals surface area contributed by atoms with Crippen LogP contribution < -0.4 is 10.2 Å². The van der Waals surface area contributed by atoms with Gasteiger partial charge in [0.25, 0.3) is 5.91 Å². The van der Waals surface area contributed by atoms with Crippen LogP contribution in [0.25, 0.3) is 0 Å². The zero-order valence-corrected chi connectivity index (χ0v) is 14.4. The van der Waals surface area contributed by atoms with Crippen molar-refractivity contribution >= 4 is 34.0 Å². The molecule has 2 rings (SSSR count). The van der Waals surface area contributed by atoms with Crippen LogP contribution in [0.1, 0.15) is 20.9 Å². The Morgan fingerprint density at radius 2 is 1.91 bits per heavy atom. The number of carbonyl (C=O) groups is 2. The van der Waals surface area contributed by atoms with E-state index in [-0.39, 0.29) is 18.3 Å². The fourth-order valence-electron chi connectivity index (χ4n) is 1.93. The molecule has 2 aromatic rings. The number of hydrogen-bond donors (Lipinski definition) is 1. The highest BCUT2D eigenvalue weighted by Crippen LogP contribution is 2.24. The minimum absolute atomic E-state index is 0.160. The molecule has 6 nitrogen and oxygen atoms in total. The number of carbonyl (C=O) groups excluding carboxylic acids is 2. The van der Waals surface area contributed by atoms with Crippen LogP contribution >= 0.6 is 11.3 Å². The van der Waals surface area contributed by atoms with Crippen molar-refractivity contribution in [2.45, 2.75) is 13.3 Å². The molecule has 1 aromatic heterocycles. The summed E-state index contributed by atoms with van der Waals surface area (Å²) in [5.41, 5.74) is 2.30. The smallest absolute Gasteiger partial charge is 0.310 e. The van der Waals surface area contributed by atoms with Crippen LogP contribution in [0.5, 0.6) is 0 Å². The molecule has 0 aliphatic carbocycles. The van der Waals surface area contributed by atoms with E-state index >= 15 is 0 Å². The van der Waals surface area contributed by atoms with Gasteiger partial charge in [0.15, 0.2) is 5.13 Å². The van der Waals surface area contributed by atoms with Gasteiger partial charge >= 0.3 is 5.97 Å². The molecule has 0 saturated heterocycles. The van der Waals surface area contributed by atoms with Crippen LogP contribution in [0.4, 0.5) is 10.8 Å². The monoisotopic (exact) mass is 333 g/mol. The van der Waals surface area contributed by atoms with E-state index in [9.17, 15) is 9.59 Å². The van der Waals surface area contributed by atoms with Gasteiger partial charge in [-0.3, -0.25) is 14.9 Å². The van der Waals surface area contributed by atoms with Crippen molar-refractivity contribution in [3.05, 3.63) is 40.4 Å². The Morgan fingerprint density at radius 3 is 2.48 bits per heavy atom. The molecule has 0 bridgehead atoms. The molecule has 0 fully saturated rings. The van der Waals surface area contributed by atoms with E-state index in [2.05, 4.69) is 15.0 Å². The third-order valence-corrected chi connectivity index (χ3v) is 4.36. The quantitative estimate of drug-likeness (QED) is 0.851. The summed E-state index contributed by atoms with van der Waals surface area (Å²) in [5.74, 6) is -0.553. The Balaban J connectivity index is 2.08. The van der Waals surface area contributed by atoms with E-state index in [0.717, 1.165) is 16.3 Å². The van der Waals surface area contributed by atoms with Crippen molar-refractivity contribution in [2.75, 3.05) is 31.4 Å². The van der Waals surface area contributed by atoms with E-state index in [1.807, 2.05) is 31.1 Å². The standard InChI is InChI=1S/C16H19N3O3S/c1-10-13(9-14(20)22-4)23-16(17-10)18-15(21)11-5-7-12(8-6-11)19(2)3/h5-8H,9H2,1-4H3,(H,17,18,21). The first-order valence-electron chi connectivity index (χ1n) is 7.02. The second-order valence-corrected chi connectivity index (χ2v) is 6.26. The van der Waals surface area contributed by atoms with Crippen LogP contribution in [0.2, 0.25) is 0 Å². The number of esters is 1. The summed E-state index contributed by atoms with van der Waals surface area (Å²) in [6, 6.07) is 7.29. The number of nitrogens with one attached hydrogen (secondary N) is 1. The van der Waals surface area contributed by atoms with Gasteiger partial charge in [-0.25, -0.2) is 4.98 Å². The second kappa shape index (κ2) is 7.23. The summed E-state index contributed by atoms with van der Waals surface area (Å²) in [6.45, 7) is 1.80. The predicted octanol–water partition coefficient (Wildman–Crippen LogP) is 2.49. The highest BCUT2D eigenvalue weighted by molar-refractivity contribution is 7.16. The van der Waals surface area contributed by atoms with Crippen LogP contribution in [-0.2, 0) is 16.0 Å². The highest BCUT2D eigenvalue weighted by atomic mass is 32.1. The topological polar surface area (TPSA) is 71.5 Å². The van der Waals surface area contributed by atoms with Gasteiger partial charge in [0.05, 0.1) is 19.2 Å². The molecule has 0 unspecified atom stereocenters. The van der Waals surface area contributed by atoms with Gasteiger partial charge in [0.1, 0.15) is 0 Å². The van der Waals surface area contributed by atoms with E-state index in [0.29, 0.717) is 10.7 Å². The summed E-state index contributed by atoms with van der Waals surface area (Å²) in [6.07, 6.45) is 0.160. The van der Waals surface area contributed by atoms with Crippen LogP contribution in [0.3, 0.4) is 0 Å². The van der Waals surface area contributed by atoms with Crippen molar-refractivity contribution in [3.8, 4) is 0 Å². The van der Waals surface area contributed by atoms with Gasteiger partial charge in [-0.05, 0) is 31.2 Å². The maximum absolute atomic E-state index is 12.2. The summed E-state index contributed by atoms with van der Waals surface area (Å²) in [4.78, 5) is 30.6. The number of ether oxygens (including phenoxy) is 1. The Labute approximate surface area is 139 Å². The number of anilines is 2. The van der Waals surface area contributed by atoms with Crippen molar-refractivity contribution in [3.63, 3.8) is 0 Å². The number of aromatic nitrogens is 1. The zero-order valence-electron chi connectivity index (χ0n) is 13.5. The molecule has 0 spiro atoms. The van der Waals surface area contributed by atoms with Gasteiger partial charge < -0.3 is 9.64 Å². The number of aryl methyl sites for hydroxylation is 1. The number of methoxy groups -OCH3 is 1. The van der Waals surface area contributed by atoms with Crippen molar-refractivity contribution in [1.29, 1.82) is 0 Å². The summed E-state index contributed by atoms with van der Waals surface area (Å²) < 4.78 is 4.65. The normalized spacial score (nSPS) is 10.3. The van der Waals surface area contributed by atoms with Gasteiger partial charge in [0, 0.05) is 30.2 Å². The number of amides is 1. The molecule has 0 aliphatic rings. The zero-order chi connectivity index (χ0) is 17.0. The first kappa shape index (κ1) is 17.0. The van der Waals surface area contributed by atoms with E-state index in [4.69, 9.17) is 0 Å². The maximum atomic E-state index is 12.2. The van der Waals surface area contributed by atoms with Crippen molar-refractivity contribution < 1.29 is 14.3 Å². The van der Waals surface area contributed by atoms with Gasteiger partial charge in [-0.15, -0.1) is 11.3 Å². The number of thiazole rings is 1. The van der Waals surface area contributed by atoms with Crippen LogP contribution in [0, 0.1) is 6.92 Å². The van der Waals surface area contributed by atoms with E-state index in [1.54, 1.807) is 19.1 Å². The van der Waals surface area contributed by atoms with Gasteiger partial charge in [0.2, 0.25) is 0 Å². The first-order chi connectivity index (χ1) is 10.9. The van der Waals surface area contributed by atoms with E-state index in [1.165, 1.54) is 18.4 Å². The van der Waals surface area contributed by atoms with Gasteiger partial charge in [-0.2, -0.15) is 0 Å². The SMILES string of the molecule is COC(=O)Cc1sc(NC(=O)c2ccc(N(C)C)cc2)nc1C. The largest absolute Gasteiger partial charge is 0.469 e. The Hall–Kier alpha value is -2.41. The minimum atomic E-state index is -0.325. The number of rotatable bonds is 5. The first-order valence-corrected chi connectivity index (χ1v) is 7.84. The fourth-order valence-corrected chi connectivity index (χ4v) is 2.87. The molecule has 0 atom stereocenters. The molecule has 23 heavy (non-hydrogen) atoms. The molecular weight excluding hydrogens is 314 g/mol. The van der Waals surface area contributed by atoms with Crippen molar-refractivity contribution in [2.24, 2.45) is 0 Å². The van der Waals surface area contributed by atoms with Gasteiger partial charge in [-0.1, -0.05) is 0 Å². The van der Waals surface area contributed by atoms with Crippen LogP contribution in [0.15, 0.2) is 24.3 Å². The average Bonchev–Trinajstić information content (AvgIpc) is 2.86. The van der Waals surface area contributed by atoms with Crippen LogP contribution in [-0.4, -0.2) is 38.1 Å². The second-order valence-electron chi connectivity index (χ2n) is 5.18. The molecule has 7 heteroatoms. The third-order valence-electron chi connectivity index (χ3n) is 3.29. The lowest BCUT2D eigenvalue weighted by Gasteiger charge is -2.12. The predicted molar refractivity (Wildman–Crippen MR) is 91.3 cm³/mol. The maximum Gasteiger partial charge on any atom is 0.310 e. The number of nitrogens with zero attached hydrogens (tertiary/aromatic N) is 2. The Bertz CT molecular complexity index is 708. The lowest BCUT2D eigenvalue weighted by atomic mass is 10.2. The molecule has 1 heterocycles. The molecule has 0 radical (unpaired) electrons. The molecule has 1 amide bonds. The lowest BCUT2D eigenvalue weighted by molar-refractivity contribution is -0.139. The summed E-state index contributed by atoms with van der Waals surface area (Å²) >= 11 is 1.28. The van der Waals surface area contributed by atoms with E-state index < -0.39 is 0 Å². The minimum Gasteiger partial charge on any atom is -0.469 e. The highest BCUT2D eigenvalue weighted by Gasteiger charge is 2.14. The molecular formula is C16H19N3O3S. The Morgan fingerprint density at radius 1 is 1.26 bits per heavy atom. The third kappa shape index (κ3) is 4.29. The molecule has 1 aromatic carbocycles. The molecule has 0 saturated carbocycles. The number of benzene rings is 1. The number of hydrogen-bond acceptors (Lipinski definition) is 6. The molecule has 122 valence electrons. The fraction of sp³-hybridized carbons (Fsp3) is 0.312.